The largest absolute Gasteiger partial charge is 0.309 e. The van der Waals surface area contributed by atoms with Crippen LogP contribution < -0.4 is 5.32 Å². The molecule has 0 aliphatic carbocycles. The highest BCUT2D eigenvalue weighted by Crippen LogP contribution is 2.32. The van der Waals surface area contributed by atoms with Crippen LogP contribution in [0.1, 0.15) is 32.4 Å². The van der Waals surface area contributed by atoms with E-state index >= 15 is 0 Å². The van der Waals surface area contributed by atoms with Crippen LogP contribution in [0.2, 0.25) is 0 Å². The van der Waals surface area contributed by atoms with Crippen LogP contribution >= 0.6 is 0 Å². The van der Waals surface area contributed by atoms with E-state index in [0.717, 1.165) is 12.1 Å². The summed E-state index contributed by atoms with van der Waals surface area (Å²) in [6.07, 6.45) is 1.87. The van der Waals surface area contributed by atoms with Crippen LogP contribution in [0, 0.1) is 0 Å². The van der Waals surface area contributed by atoms with E-state index in [1.165, 1.54) is 10.9 Å². The lowest BCUT2D eigenvalue weighted by molar-refractivity contribution is 0.139. The van der Waals surface area contributed by atoms with Crippen LogP contribution in [0.4, 0.5) is 0 Å². The Morgan fingerprint density at radius 2 is 1.90 bits per heavy atom. The van der Waals surface area contributed by atoms with Gasteiger partial charge in [-0.25, -0.2) is 0 Å². The summed E-state index contributed by atoms with van der Waals surface area (Å²) < 4.78 is 0. The van der Waals surface area contributed by atoms with Gasteiger partial charge in [0, 0.05) is 17.1 Å². The van der Waals surface area contributed by atoms with Gasteiger partial charge < -0.3 is 10.2 Å². The molecular formula is C17H25N3. The van der Waals surface area contributed by atoms with Gasteiger partial charge in [-0.1, -0.05) is 31.2 Å². The third kappa shape index (κ3) is 2.69. The van der Waals surface area contributed by atoms with Crippen LogP contribution in [0.25, 0.3) is 10.9 Å². The molecule has 1 N–H and O–H groups in total. The molecule has 0 saturated carbocycles. The predicted octanol–water partition coefficient (Wildman–Crippen LogP) is 3.23. The van der Waals surface area contributed by atoms with Gasteiger partial charge in [-0.15, -0.1) is 0 Å². The third-order valence-corrected chi connectivity index (χ3v) is 4.24. The highest BCUT2D eigenvalue weighted by Gasteiger charge is 2.33. The van der Waals surface area contributed by atoms with Gasteiger partial charge in [-0.05, 0) is 46.1 Å². The van der Waals surface area contributed by atoms with Crippen LogP contribution in [0.15, 0.2) is 36.5 Å². The number of nitrogens with one attached hydrogen (secondary N) is 1. The number of pyridine rings is 1. The number of fused-ring (bicyclic) bond motifs is 1. The lowest BCUT2D eigenvalue weighted by Crippen LogP contribution is -2.49. The van der Waals surface area contributed by atoms with Gasteiger partial charge in [-0.3, -0.25) is 4.98 Å². The molecule has 3 nitrogen and oxygen atoms in total. The number of benzene rings is 1. The molecular weight excluding hydrogens is 246 g/mol. The Balaban J connectivity index is 2.58. The Morgan fingerprint density at radius 1 is 1.20 bits per heavy atom. The molecule has 20 heavy (non-hydrogen) atoms. The Labute approximate surface area is 122 Å². The SMILES string of the molecule is CCNC(c1cccc2cccnc12)C(C)(C)N(C)C. The molecule has 108 valence electrons. The van der Waals surface area contributed by atoms with Gasteiger partial charge in [0.05, 0.1) is 11.6 Å². The van der Waals surface area contributed by atoms with E-state index in [9.17, 15) is 0 Å². The molecule has 0 spiro atoms. The van der Waals surface area contributed by atoms with E-state index in [-0.39, 0.29) is 11.6 Å². The van der Waals surface area contributed by atoms with E-state index in [1.807, 2.05) is 12.3 Å². The Kier molecular flexibility index (Phi) is 4.41. The number of para-hydroxylation sites is 1. The monoisotopic (exact) mass is 271 g/mol. The number of hydrogen-bond donors (Lipinski definition) is 1. The quantitative estimate of drug-likeness (QED) is 0.905. The first-order valence-electron chi connectivity index (χ1n) is 7.23. The zero-order valence-electron chi connectivity index (χ0n) is 13.1. The summed E-state index contributed by atoms with van der Waals surface area (Å²) in [6, 6.07) is 10.8. The van der Waals surface area contributed by atoms with E-state index < -0.39 is 0 Å². The van der Waals surface area contributed by atoms with Crippen LogP contribution in [-0.4, -0.2) is 36.1 Å². The standard InChI is InChI=1S/C17H25N3/c1-6-18-16(17(2,3)20(4)5)14-11-7-9-13-10-8-12-19-15(13)14/h7-12,16,18H,6H2,1-5H3. The molecule has 1 aromatic heterocycles. The maximum atomic E-state index is 4.60. The number of likely N-dealkylation sites (N-methyl/N-ethyl adjacent to an activating group) is 2. The van der Waals surface area contributed by atoms with Gasteiger partial charge in [0.2, 0.25) is 0 Å². The summed E-state index contributed by atoms with van der Waals surface area (Å²) >= 11 is 0. The highest BCUT2D eigenvalue weighted by atomic mass is 15.2. The summed E-state index contributed by atoms with van der Waals surface area (Å²) in [7, 11) is 4.26. The fourth-order valence-corrected chi connectivity index (χ4v) is 2.56. The molecule has 0 bridgehead atoms. The molecule has 1 atom stereocenters. The maximum absolute atomic E-state index is 4.60. The average Bonchev–Trinajstić information content (AvgIpc) is 2.44. The smallest absolute Gasteiger partial charge is 0.0750 e. The van der Waals surface area contributed by atoms with Crippen molar-refractivity contribution in [2.75, 3.05) is 20.6 Å². The lowest BCUT2D eigenvalue weighted by atomic mass is 9.86. The molecule has 3 heteroatoms. The van der Waals surface area contributed by atoms with Gasteiger partial charge in [-0.2, -0.15) is 0 Å². The van der Waals surface area contributed by atoms with Crippen LogP contribution in [-0.2, 0) is 0 Å². The van der Waals surface area contributed by atoms with E-state index in [0.29, 0.717) is 0 Å². The van der Waals surface area contributed by atoms with Gasteiger partial charge in [0.15, 0.2) is 0 Å². The van der Waals surface area contributed by atoms with E-state index in [4.69, 9.17) is 0 Å². The molecule has 0 saturated heterocycles. The minimum atomic E-state index is 0.00180. The highest BCUT2D eigenvalue weighted by molar-refractivity contribution is 5.82. The van der Waals surface area contributed by atoms with Crippen molar-refractivity contribution in [1.29, 1.82) is 0 Å². The first kappa shape index (κ1) is 14.9. The van der Waals surface area contributed by atoms with Crippen molar-refractivity contribution in [3.05, 3.63) is 42.1 Å². The molecule has 2 rings (SSSR count). The van der Waals surface area contributed by atoms with Crippen molar-refractivity contribution in [2.45, 2.75) is 32.4 Å². The maximum Gasteiger partial charge on any atom is 0.0750 e. The molecule has 0 aliphatic heterocycles. The van der Waals surface area contributed by atoms with Gasteiger partial charge >= 0.3 is 0 Å². The number of nitrogens with zero attached hydrogens (tertiary/aromatic N) is 2. The van der Waals surface area contributed by atoms with Crippen LogP contribution in [0.5, 0.6) is 0 Å². The first-order chi connectivity index (χ1) is 9.48. The molecule has 0 amide bonds. The van der Waals surface area contributed by atoms with Crippen molar-refractivity contribution in [3.63, 3.8) is 0 Å². The molecule has 1 aromatic carbocycles. The Morgan fingerprint density at radius 3 is 2.55 bits per heavy atom. The summed E-state index contributed by atoms with van der Waals surface area (Å²) in [4.78, 5) is 6.86. The van der Waals surface area contributed by atoms with Crippen molar-refractivity contribution in [3.8, 4) is 0 Å². The predicted molar refractivity (Wildman–Crippen MR) is 85.9 cm³/mol. The van der Waals surface area contributed by atoms with Crippen molar-refractivity contribution in [2.24, 2.45) is 0 Å². The second-order valence-electron chi connectivity index (χ2n) is 5.96. The van der Waals surface area contributed by atoms with Crippen LogP contribution in [0.3, 0.4) is 0 Å². The minimum Gasteiger partial charge on any atom is -0.309 e. The fraction of sp³-hybridized carbons (Fsp3) is 0.471. The number of rotatable bonds is 5. The molecule has 2 aromatic rings. The zero-order valence-corrected chi connectivity index (χ0v) is 13.1. The average molecular weight is 271 g/mol. The lowest BCUT2D eigenvalue weighted by Gasteiger charge is -2.41. The Hall–Kier alpha value is -1.45. The molecule has 0 aliphatic rings. The van der Waals surface area contributed by atoms with Gasteiger partial charge in [0.1, 0.15) is 0 Å². The summed E-state index contributed by atoms with van der Waals surface area (Å²) in [5.74, 6) is 0. The van der Waals surface area contributed by atoms with E-state index in [2.05, 4.69) is 74.3 Å². The summed E-state index contributed by atoms with van der Waals surface area (Å²) in [6.45, 7) is 7.62. The van der Waals surface area contributed by atoms with Gasteiger partial charge in [0.25, 0.3) is 0 Å². The number of hydrogen-bond acceptors (Lipinski definition) is 3. The number of aromatic nitrogens is 1. The first-order valence-corrected chi connectivity index (χ1v) is 7.23. The second-order valence-corrected chi connectivity index (χ2v) is 5.96. The van der Waals surface area contributed by atoms with Crippen molar-refractivity contribution < 1.29 is 0 Å². The Bertz CT molecular complexity index is 570. The molecule has 0 fully saturated rings. The topological polar surface area (TPSA) is 28.2 Å². The van der Waals surface area contributed by atoms with E-state index in [1.54, 1.807) is 0 Å². The van der Waals surface area contributed by atoms with Crippen molar-refractivity contribution >= 4 is 10.9 Å². The van der Waals surface area contributed by atoms with Crippen molar-refractivity contribution in [1.82, 2.24) is 15.2 Å². The normalized spacial score (nSPS) is 13.9. The summed E-state index contributed by atoms with van der Waals surface area (Å²) in [5.41, 5.74) is 2.36. The minimum absolute atomic E-state index is 0.00180. The molecule has 0 radical (unpaired) electrons. The fourth-order valence-electron chi connectivity index (χ4n) is 2.56. The zero-order chi connectivity index (χ0) is 14.8. The molecule has 1 unspecified atom stereocenters. The molecule has 1 heterocycles. The second kappa shape index (κ2) is 5.90. The summed E-state index contributed by atoms with van der Waals surface area (Å²) in [5, 5.41) is 4.83. The third-order valence-electron chi connectivity index (χ3n) is 4.24.